The predicted octanol–water partition coefficient (Wildman–Crippen LogP) is 4.36. The summed E-state index contributed by atoms with van der Waals surface area (Å²) >= 11 is 0. The van der Waals surface area contributed by atoms with E-state index in [1.165, 1.54) is 95.0 Å². The molecule has 160 valence electrons. The van der Waals surface area contributed by atoms with E-state index in [-0.39, 0.29) is 17.8 Å². The molecule has 0 spiro atoms. The van der Waals surface area contributed by atoms with E-state index in [9.17, 15) is 4.79 Å². The zero-order valence-electron chi connectivity index (χ0n) is 18.0. The van der Waals surface area contributed by atoms with Crippen LogP contribution < -0.4 is 5.73 Å². The van der Waals surface area contributed by atoms with E-state index in [4.69, 9.17) is 11.1 Å². The number of guanidine groups is 1. The molecule has 0 aromatic rings. The van der Waals surface area contributed by atoms with E-state index in [2.05, 4.69) is 4.90 Å². The van der Waals surface area contributed by atoms with Crippen molar-refractivity contribution in [1.29, 1.82) is 5.41 Å². The number of hydrogen-bond acceptors (Lipinski definition) is 3. The Balaban J connectivity index is 1.58. The highest BCUT2D eigenvalue weighted by Crippen LogP contribution is 2.36. The van der Waals surface area contributed by atoms with E-state index < -0.39 is 0 Å². The van der Waals surface area contributed by atoms with Gasteiger partial charge in [0.15, 0.2) is 5.96 Å². The molecule has 3 atom stereocenters. The van der Waals surface area contributed by atoms with Crippen LogP contribution in [0, 0.1) is 23.2 Å². The fraction of sp³-hybridized carbons (Fsp3) is 0.913. The minimum Gasteiger partial charge on any atom is -0.370 e. The van der Waals surface area contributed by atoms with Crippen LogP contribution in [0.2, 0.25) is 0 Å². The summed E-state index contributed by atoms with van der Waals surface area (Å²) in [5, 5.41) is 7.69. The molecule has 0 aromatic carbocycles. The van der Waals surface area contributed by atoms with Crippen molar-refractivity contribution in [3.05, 3.63) is 0 Å². The minimum absolute atomic E-state index is 0.0400. The molecule has 0 unspecified atom stereocenters. The first-order valence-electron chi connectivity index (χ1n) is 11.9. The largest absolute Gasteiger partial charge is 0.370 e. The highest BCUT2D eigenvalue weighted by atomic mass is 16.2. The Labute approximate surface area is 171 Å². The normalized spacial score (nSPS) is 28.2. The standard InChI is InChI=1S/C23H42N4O/c1-26(23(24)25)22(28)20(13-12-18-8-3-2-4-9-18)16-19-10-7-11-21(17-19)27-14-5-6-15-27/h18-21H,2-17H2,1H3,(H3,24,25)/t19-,20+,21-/m1/s1. The van der Waals surface area contributed by atoms with Gasteiger partial charge in [-0.2, -0.15) is 0 Å². The van der Waals surface area contributed by atoms with Crippen LogP contribution in [0.25, 0.3) is 0 Å². The number of likely N-dealkylation sites (tertiary alicyclic amines) is 1. The third-order valence-electron chi connectivity index (χ3n) is 7.72. The Bertz CT molecular complexity index is 511. The molecule has 1 aliphatic heterocycles. The van der Waals surface area contributed by atoms with Gasteiger partial charge in [-0.25, -0.2) is 0 Å². The molecule has 0 aromatic heterocycles. The van der Waals surface area contributed by atoms with Crippen molar-refractivity contribution in [2.75, 3.05) is 20.1 Å². The van der Waals surface area contributed by atoms with Crippen LogP contribution in [0.5, 0.6) is 0 Å². The molecular weight excluding hydrogens is 348 g/mol. The number of rotatable bonds is 7. The van der Waals surface area contributed by atoms with Crippen molar-refractivity contribution in [3.63, 3.8) is 0 Å². The van der Waals surface area contributed by atoms with Gasteiger partial charge in [-0.3, -0.25) is 15.1 Å². The fourth-order valence-corrected chi connectivity index (χ4v) is 5.96. The molecule has 28 heavy (non-hydrogen) atoms. The molecule has 1 saturated heterocycles. The molecule has 3 aliphatic rings. The molecule has 5 nitrogen and oxygen atoms in total. The lowest BCUT2D eigenvalue weighted by molar-refractivity contribution is -0.131. The lowest BCUT2D eigenvalue weighted by Crippen LogP contribution is -2.43. The first-order chi connectivity index (χ1) is 13.5. The summed E-state index contributed by atoms with van der Waals surface area (Å²) in [7, 11) is 1.67. The Morgan fingerprint density at radius 2 is 1.71 bits per heavy atom. The summed E-state index contributed by atoms with van der Waals surface area (Å²) in [6.07, 6.45) is 17.8. The van der Waals surface area contributed by atoms with Gasteiger partial charge in [-0.1, -0.05) is 44.9 Å². The maximum Gasteiger partial charge on any atom is 0.232 e. The summed E-state index contributed by atoms with van der Waals surface area (Å²) in [5.74, 6) is 1.45. The lowest BCUT2D eigenvalue weighted by atomic mass is 9.77. The zero-order chi connectivity index (χ0) is 19.9. The fourth-order valence-electron chi connectivity index (χ4n) is 5.96. The Hall–Kier alpha value is -1.10. The topological polar surface area (TPSA) is 73.4 Å². The summed E-state index contributed by atoms with van der Waals surface area (Å²) in [6, 6.07) is 0.737. The lowest BCUT2D eigenvalue weighted by Gasteiger charge is -2.37. The summed E-state index contributed by atoms with van der Waals surface area (Å²) in [5.41, 5.74) is 5.63. The number of carbonyl (C=O) groups excluding carboxylic acids is 1. The summed E-state index contributed by atoms with van der Waals surface area (Å²) in [4.78, 5) is 17.1. The van der Waals surface area contributed by atoms with Gasteiger partial charge in [0.2, 0.25) is 5.91 Å². The van der Waals surface area contributed by atoms with Crippen molar-refractivity contribution in [1.82, 2.24) is 9.80 Å². The van der Waals surface area contributed by atoms with Crippen molar-refractivity contribution in [2.45, 2.75) is 95.9 Å². The zero-order valence-corrected chi connectivity index (χ0v) is 18.0. The molecule has 2 aliphatic carbocycles. The SMILES string of the molecule is CN(C(=N)N)C(=O)[C@@H](CCC1CCCCC1)C[C@H]1CCC[C@@H](N2CCCC2)C1. The molecular formula is C23H42N4O. The van der Waals surface area contributed by atoms with E-state index >= 15 is 0 Å². The number of amides is 1. The average Bonchev–Trinajstić information content (AvgIpc) is 3.26. The van der Waals surface area contributed by atoms with Crippen LogP contribution in [0.15, 0.2) is 0 Å². The quantitative estimate of drug-likeness (QED) is 0.501. The maximum atomic E-state index is 13.1. The van der Waals surface area contributed by atoms with Gasteiger partial charge in [0.05, 0.1) is 0 Å². The number of carbonyl (C=O) groups is 1. The molecule has 1 heterocycles. The third-order valence-corrected chi connectivity index (χ3v) is 7.72. The summed E-state index contributed by atoms with van der Waals surface area (Å²) in [6.45, 7) is 2.54. The van der Waals surface area contributed by atoms with E-state index in [0.717, 1.165) is 24.8 Å². The number of nitrogens with two attached hydrogens (primary N) is 1. The van der Waals surface area contributed by atoms with Crippen LogP contribution in [-0.4, -0.2) is 47.8 Å². The van der Waals surface area contributed by atoms with Gasteiger partial charge < -0.3 is 10.6 Å². The van der Waals surface area contributed by atoms with Crippen LogP contribution in [0.4, 0.5) is 0 Å². The molecule has 3 rings (SSSR count). The molecule has 0 radical (unpaired) electrons. The van der Waals surface area contributed by atoms with Crippen molar-refractivity contribution in [2.24, 2.45) is 23.5 Å². The maximum absolute atomic E-state index is 13.1. The third kappa shape index (κ3) is 5.95. The van der Waals surface area contributed by atoms with Gasteiger partial charge in [-0.05, 0) is 69.9 Å². The molecule has 2 saturated carbocycles. The van der Waals surface area contributed by atoms with Gasteiger partial charge >= 0.3 is 0 Å². The molecule has 3 N–H and O–H groups in total. The molecule has 1 amide bonds. The second kappa shape index (κ2) is 10.6. The smallest absolute Gasteiger partial charge is 0.232 e. The van der Waals surface area contributed by atoms with Gasteiger partial charge in [0.25, 0.3) is 0 Å². The van der Waals surface area contributed by atoms with Crippen LogP contribution in [0.3, 0.4) is 0 Å². The Morgan fingerprint density at radius 1 is 1.04 bits per heavy atom. The van der Waals surface area contributed by atoms with Crippen LogP contribution in [-0.2, 0) is 4.79 Å². The Morgan fingerprint density at radius 3 is 2.39 bits per heavy atom. The monoisotopic (exact) mass is 390 g/mol. The average molecular weight is 391 g/mol. The highest BCUT2D eigenvalue weighted by molar-refractivity contribution is 5.95. The van der Waals surface area contributed by atoms with Crippen LogP contribution >= 0.6 is 0 Å². The van der Waals surface area contributed by atoms with Crippen LogP contribution in [0.1, 0.15) is 89.9 Å². The minimum atomic E-state index is -0.119. The number of nitrogens with one attached hydrogen (secondary N) is 1. The van der Waals surface area contributed by atoms with Crippen molar-refractivity contribution < 1.29 is 4.79 Å². The molecule has 0 bridgehead atoms. The molecule has 3 fully saturated rings. The van der Waals surface area contributed by atoms with E-state index in [1.807, 2.05) is 0 Å². The number of nitrogens with zero attached hydrogens (tertiary/aromatic N) is 2. The highest BCUT2D eigenvalue weighted by Gasteiger charge is 2.32. The van der Waals surface area contributed by atoms with E-state index in [1.54, 1.807) is 7.05 Å². The summed E-state index contributed by atoms with van der Waals surface area (Å²) < 4.78 is 0. The second-order valence-electron chi connectivity index (χ2n) is 9.73. The predicted molar refractivity (Wildman–Crippen MR) is 115 cm³/mol. The second-order valence-corrected chi connectivity index (χ2v) is 9.73. The van der Waals surface area contributed by atoms with Gasteiger partial charge in [-0.15, -0.1) is 0 Å². The first-order valence-corrected chi connectivity index (χ1v) is 11.9. The Kier molecular flexibility index (Phi) is 8.19. The molecule has 5 heteroatoms. The van der Waals surface area contributed by atoms with Gasteiger partial charge in [0, 0.05) is 19.0 Å². The number of hydrogen-bond donors (Lipinski definition) is 2. The van der Waals surface area contributed by atoms with Gasteiger partial charge in [0.1, 0.15) is 0 Å². The van der Waals surface area contributed by atoms with E-state index in [0.29, 0.717) is 5.92 Å². The van der Waals surface area contributed by atoms with Crippen molar-refractivity contribution in [3.8, 4) is 0 Å². The van der Waals surface area contributed by atoms with Crippen molar-refractivity contribution >= 4 is 11.9 Å². The first kappa shape index (κ1) is 21.6.